The van der Waals surface area contributed by atoms with Crippen LogP contribution in [-0.2, 0) is 0 Å². The predicted molar refractivity (Wildman–Crippen MR) is 82.1 cm³/mol. The van der Waals surface area contributed by atoms with E-state index in [0.717, 1.165) is 18.5 Å². The maximum Gasteiger partial charge on any atom is 0.100 e. The fourth-order valence-corrected chi connectivity index (χ4v) is 3.26. The molecule has 0 aliphatic heterocycles. The van der Waals surface area contributed by atoms with Gasteiger partial charge in [0.1, 0.15) is 6.07 Å². The first-order valence-electron chi connectivity index (χ1n) is 4.82. The summed E-state index contributed by atoms with van der Waals surface area (Å²) >= 11 is 7.30. The molecule has 17 heavy (non-hydrogen) atoms. The van der Waals surface area contributed by atoms with Crippen molar-refractivity contribution in [1.82, 2.24) is 0 Å². The van der Waals surface area contributed by atoms with Crippen molar-refractivity contribution in [3.8, 4) is 6.07 Å². The number of hydrogen-bond acceptors (Lipinski definition) is 2. The van der Waals surface area contributed by atoms with Gasteiger partial charge in [0.25, 0.3) is 0 Å². The van der Waals surface area contributed by atoms with E-state index in [0.29, 0.717) is 0 Å². The number of benzene rings is 2. The molecular weight excluding hydrogens is 409 g/mol. The van der Waals surface area contributed by atoms with Gasteiger partial charge in [0.15, 0.2) is 0 Å². The van der Waals surface area contributed by atoms with Crippen LogP contribution < -0.4 is 0 Å². The Hall–Kier alpha value is -0.510. The van der Waals surface area contributed by atoms with E-state index in [1.54, 1.807) is 11.8 Å². The number of rotatable bonds is 2. The Kier molecular flexibility index (Phi) is 4.48. The number of nitriles is 1. The summed E-state index contributed by atoms with van der Waals surface area (Å²) in [4.78, 5) is 2.34. The predicted octanol–water partition coefficient (Wildman–Crippen LogP) is 5.08. The molecule has 0 saturated carbocycles. The van der Waals surface area contributed by atoms with E-state index < -0.39 is 0 Å². The van der Waals surface area contributed by atoms with Gasteiger partial charge in [-0.3, -0.25) is 0 Å². The van der Waals surface area contributed by atoms with Crippen molar-refractivity contribution in [1.29, 1.82) is 5.26 Å². The lowest BCUT2D eigenvalue weighted by atomic mass is 10.2. The van der Waals surface area contributed by atoms with E-state index in [2.05, 4.69) is 56.7 Å². The Balaban J connectivity index is 2.22. The SMILES string of the molecule is N#Cc1ccc(Sc2ccc(Br)cc2)cc1I. The minimum atomic E-state index is 0.728. The number of halogens is 2. The van der Waals surface area contributed by atoms with Crippen LogP contribution in [0.5, 0.6) is 0 Å². The summed E-state index contributed by atoms with van der Waals surface area (Å²) in [6.07, 6.45) is 0. The van der Waals surface area contributed by atoms with E-state index in [1.165, 1.54) is 4.90 Å². The summed E-state index contributed by atoms with van der Waals surface area (Å²) in [7, 11) is 0. The minimum absolute atomic E-state index is 0.728. The first kappa shape index (κ1) is 12.9. The highest BCUT2D eigenvalue weighted by Crippen LogP contribution is 2.30. The van der Waals surface area contributed by atoms with Crippen molar-refractivity contribution in [2.75, 3.05) is 0 Å². The molecule has 0 aromatic heterocycles. The van der Waals surface area contributed by atoms with Crippen molar-refractivity contribution >= 4 is 50.3 Å². The van der Waals surface area contributed by atoms with Gasteiger partial charge in [-0.05, 0) is 65.1 Å². The van der Waals surface area contributed by atoms with Crippen LogP contribution in [0.3, 0.4) is 0 Å². The zero-order chi connectivity index (χ0) is 12.3. The molecule has 0 saturated heterocycles. The lowest BCUT2D eigenvalue weighted by molar-refractivity contribution is 1.36. The van der Waals surface area contributed by atoms with Gasteiger partial charge in [0.2, 0.25) is 0 Å². The van der Waals surface area contributed by atoms with E-state index in [4.69, 9.17) is 5.26 Å². The van der Waals surface area contributed by atoms with Crippen LogP contribution in [0.2, 0.25) is 0 Å². The fourth-order valence-electron chi connectivity index (χ4n) is 1.29. The van der Waals surface area contributed by atoms with Gasteiger partial charge in [-0.15, -0.1) is 0 Å². The molecular formula is C13H7BrINS. The highest BCUT2D eigenvalue weighted by molar-refractivity contribution is 14.1. The molecule has 0 fully saturated rings. The molecule has 84 valence electrons. The summed E-state index contributed by atoms with van der Waals surface area (Å²) in [5.74, 6) is 0. The molecule has 0 heterocycles. The average molecular weight is 416 g/mol. The second-order valence-corrected chi connectivity index (χ2v) is 6.53. The quantitative estimate of drug-likeness (QED) is 0.639. The Morgan fingerprint density at radius 2 is 1.71 bits per heavy atom. The van der Waals surface area contributed by atoms with Gasteiger partial charge in [0.05, 0.1) is 5.56 Å². The molecule has 0 atom stereocenters. The molecule has 2 aromatic carbocycles. The third-order valence-electron chi connectivity index (χ3n) is 2.11. The van der Waals surface area contributed by atoms with Gasteiger partial charge in [-0.2, -0.15) is 5.26 Å². The largest absolute Gasteiger partial charge is 0.192 e. The van der Waals surface area contributed by atoms with Crippen molar-refractivity contribution in [2.45, 2.75) is 9.79 Å². The summed E-state index contributed by atoms with van der Waals surface area (Å²) < 4.78 is 2.07. The van der Waals surface area contributed by atoms with Crippen LogP contribution in [0.25, 0.3) is 0 Å². The zero-order valence-electron chi connectivity index (χ0n) is 8.65. The van der Waals surface area contributed by atoms with Gasteiger partial charge in [-0.25, -0.2) is 0 Å². The smallest absolute Gasteiger partial charge is 0.100 e. The van der Waals surface area contributed by atoms with E-state index in [-0.39, 0.29) is 0 Å². The second-order valence-electron chi connectivity index (χ2n) is 3.31. The number of nitrogens with zero attached hydrogens (tertiary/aromatic N) is 1. The lowest BCUT2D eigenvalue weighted by Gasteiger charge is -2.03. The fraction of sp³-hybridized carbons (Fsp3) is 0. The summed E-state index contributed by atoms with van der Waals surface area (Å²) in [5.41, 5.74) is 0.728. The van der Waals surface area contributed by atoms with Gasteiger partial charge in [-0.1, -0.05) is 27.7 Å². The van der Waals surface area contributed by atoms with Crippen molar-refractivity contribution in [3.63, 3.8) is 0 Å². The molecule has 0 aliphatic rings. The normalized spacial score (nSPS) is 9.94. The van der Waals surface area contributed by atoms with Crippen LogP contribution in [0.4, 0.5) is 0 Å². The monoisotopic (exact) mass is 415 g/mol. The summed E-state index contributed by atoms with van der Waals surface area (Å²) in [6, 6.07) is 16.2. The van der Waals surface area contributed by atoms with Crippen LogP contribution in [0, 0.1) is 14.9 Å². The van der Waals surface area contributed by atoms with Gasteiger partial charge < -0.3 is 0 Å². The summed E-state index contributed by atoms with van der Waals surface area (Å²) in [6.45, 7) is 0. The van der Waals surface area contributed by atoms with Crippen LogP contribution in [0.1, 0.15) is 5.56 Å². The van der Waals surface area contributed by atoms with Gasteiger partial charge in [0, 0.05) is 17.8 Å². The Bertz CT molecular complexity index is 575. The maximum atomic E-state index is 8.86. The standard InChI is InChI=1S/C13H7BrINS/c14-10-2-5-11(6-3-10)17-12-4-1-9(8-16)13(15)7-12/h1-7H. The first-order valence-corrected chi connectivity index (χ1v) is 7.51. The molecule has 0 N–H and O–H groups in total. The van der Waals surface area contributed by atoms with E-state index in [1.807, 2.05) is 30.3 Å². The Morgan fingerprint density at radius 1 is 1.06 bits per heavy atom. The summed E-state index contributed by atoms with van der Waals surface area (Å²) in [5, 5.41) is 8.86. The first-order chi connectivity index (χ1) is 8.19. The third-order valence-corrected chi connectivity index (χ3v) is 4.53. The third kappa shape index (κ3) is 3.47. The Labute approximate surface area is 126 Å². The van der Waals surface area contributed by atoms with Crippen LogP contribution >= 0.6 is 50.3 Å². The van der Waals surface area contributed by atoms with Gasteiger partial charge >= 0.3 is 0 Å². The highest BCUT2D eigenvalue weighted by Gasteiger charge is 2.02. The molecule has 2 rings (SSSR count). The maximum absolute atomic E-state index is 8.86. The molecule has 0 radical (unpaired) electrons. The molecule has 0 bridgehead atoms. The highest BCUT2D eigenvalue weighted by atomic mass is 127. The molecule has 0 aliphatic carbocycles. The second kappa shape index (κ2) is 5.89. The van der Waals surface area contributed by atoms with Crippen molar-refractivity contribution in [2.24, 2.45) is 0 Å². The average Bonchev–Trinajstić information content (AvgIpc) is 2.32. The van der Waals surface area contributed by atoms with Crippen LogP contribution in [0.15, 0.2) is 56.7 Å². The van der Waals surface area contributed by atoms with Crippen LogP contribution in [-0.4, -0.2) is 0 Å². The molecule has 2 aromatic rings. The lowest BCUT2D eigenvalue weighted by Crippen LogP contribution is -1.82. The molecule has 0 amide bonds. The van der Waals surface area contributed by atoms with Crippen molar-refractivity contribution in [3.05, 3.63) is 56.1 Å². The molecule has 4 heteroatoms. The Morgan fingerprint density at radius 3 is 2.29 bits per heavy atom. The molecule has 1 nitrogen and oxygen atoms in total. The van der Waals surface area contributed by atoms with E-state index in [9.17, 15) is 0 Å². The van der Waals surface area contributed by atoms with Crippen molar-refractivity contribution < 1.29 is 0 Å². The molecule has 0 unspecified atom stereocenters. The van der Waals surface area contributed by atoms with E-state index >= 15 is 0 Å². The zero-order valence-corrected chi connectivity index (χ0v) is 13.2. The molecule has 0 spiro atoms. The minimum Gasteiger partial charge on any atom is -0.192 e. The number of hydrogen-bond donors (Lipinski definition) is 0. The topological polar surface area (TPSA) is 23.8 Å².